The average Bonchev–Trinajstić information content (AvgIpc) is 2.46. The third-order valence-corrected chi connectivity index (χ3v) is 4.26. The SMILES string of the molecule is C/C=C\C=C\CCCC/C=C\S(=O)(=O)c1ccccc1. The fourth-order valence-corrected chi connectivity index (χ4v) is 2.78. The van der Waals surface area contributed by atoms with Crippen molar-refractivity contribution in [1.29, 1.82) is 0 Å². The summed E-state index contributed by atoms with van der Waals surface area (Å²) in [7, 11) is -3.27. The van der Waals surface area contributed by atoms with Gasteiger partial charge in [0.2, 0.25) is 0 Å². The molecule has 0 spiro atoms. The van der Waals surface area contributed by atoms with Crippen molar-refractivity contribution in [2.75, 3.05) is 0 Å². The summed E-state index contributed by atoms with van der Waals surface area (Å²) in [6.07, 6.45) is 13.8. The fraction of sp³-hybridized carbons (Fsp3) is 0.294. The van der Waals surface area contributed by atoms with Crippen LogP contribution in [-0.2, 0) is 9.84 Å². The summed E-state index contributed by atoms with van der Waals surface area (Å²) >= 11 is 0. The van der Waals surface area contributed by atoms with Gasteiger partial charge in [-0.05, 0) is 44.7 Å². The Labute approximate surface area is 122 Å². The second-order valence-corrected chi connectivity index (χ2v) is 6.30. The quantitative estimate of drug-likeness (QED) is 0.515. The Balaban J connectivity index is 2.31. The van der Waals surface area contributed by atoms with E-state index in [-0.39, 0.29) is 0 Å². The first-order chi connectivity index (χ1) is 9.67. The fourth-order valence-electron chi connectivity index (χ4n) is 1.69. The molecule has 0 aliphatic carbocycles. The molecule has 1 aromatic rings. The van der Waals surface area contributed by atoms with Crippen LogP contribution in [-0.4, -0.2) is 8.42 Å². The summed E-state index contributed by atoms with van der Waals surface area (Å²) in [6, 6.07) is 8.51. The van der Waals surface area contributed by atoms with Crippen LogP contribution in [0.3, 0.4) is 0 Å². The van der Waals surface area contributed by atoms with Crippen molar-refractivity contribution < 1.29 is 8.42 Å². The number of unbranched alkanes of at least 4 members (excludes halogenated alkanes) is 3. The van der Waals surface area contributed by atoms with E-state index in [0.717, 1.165) is 25.7 Å². The molecule has 1 aromatic carbocycles. The van der Waals surface area contributed by atoms with Gasteiger partial charge in [0.1, 0.15) is 0 Å². The Kier molecular flexibility index (Phi) is 7.66. The monoisotopic (exact) mass is 290 g/mol. The zero-order valence-electron chi connectivity index (χ0n) is 11.9. The van der Waals surface area contributed by atoms with Crippen LogP contribution in [0.5, 0.6) is 0 Å². The van der Waals surface area contributed by atoms with E-state index in [1.54, 1.807) is 30.3 Å². The third kappa shape index (κ3) is 6.53. The zero-order chi connectivity index (χ0) is 14.7. The molecule has 1 rings (SSSR count). The molecule has 0 radical (unpaired) electrons. The van der Waals surface area contributed by atoms with Gasteiger partial charge in [0.25, 0.3) is 0 Å². The van der Waals surface area contributed by atoms with Gasteiger partial charge in [-0.25, -0.2) is 8.42 Å². The summed E-state index contributed by atoms with van der Waals surface area (Å²) in [4.78, 5) is 0.352. The van der Waals surface area contributed by atoms with E-state index in [1.807, 2.05) is 31.2 Å². The molecule has 0 aromatic heterocycles. The molecule has 3 heteroatoms. The first-order valence-corrected chi connectivity index (χ1v) is 8.46. The molecule has 20 heavy (non-hydrogen) atoms. The van der Waals surface area contributed by atoms with Gasteiger partial charge in [0, 0.05) is 5.41 Å². The number of sulfone groups is 1. The van der Waals surface area contributed by atoms with Crippen LogP contribution >= 0.6 is 0 Å². The standard InChI is InChI=1S/C17H22O2S/c1-2-3-4-5-6-7-8-9-13-16-20(18,19)17-14-11-10-12-15-17/h2-5,10-16H,6-9H2,1H3/b3-2-,5-4+,16-13-. The van der Waals surface area contributed by atoms with Crippen molar-refractivity contribution in [3.05, 3.63) is 66.1 Å². The van der Waals surface area contributed by atoms with Gasteiger partial charge < -0.3 is 0 Å². The van der Waals surface area contributed by atoms with Crippen LogP contribution in [0.1, 0.15) is 32.6 Å². The van der Waals surface area contributed by atoms with E-state index in [2.05, 4.69) is 6.08 Å². The molecule has 0 saturated carbocycles. The highest BCUT2D eigenvalue weighted by Gasteiger charge is 2.07. The topological polar surface area (TPSA) is 34.1 Å². The van der Waals surface area contributed by atoms with Crippen LogP contribution in [0.2, 0.25) is 0 Å². The van der Waals surface area contributed by atoms with Crippen LogP contribution in [0.25, 0.3) is 0 Å². The average molecular weight is 290 g/mol. The van der Waals surface area contributed by atoms with Crippen molar-refractivity contribution in [3.63, 3.8) is 0 Å². The van der Waals surface area contributed by atoms with Crippen LogP contribution < -0.4 is 0 Å². The van der Waals surface area contributed by atoms with Crippen LogP contribution in [0, 0.1) is 0 Å². The predicted molar refractivity (Wildman–Crippen MR) is 85.2 cm³/mol. The highest BCUT2D eigenvalue weighted by Crippen LogP contribution is 2.12. The van der Waals surface area contributed by atoms with Gasteiger partial charge in [0.05, 0.1) is 4.90 Å². The Morgan fingerprint density at radius 1 is 0.950 bits per heavy atom. The molecule has 0 N–H and O–H groups in total. The second kappa shape index (κ2) is 9.32. The Morgan fingerprint density at radius 2 is 1.60 bits per heavy atom. The lowest BCUT2D eigenvalue weighted by Crippen LogP contribution is -1.95. The maximum Gasteiger partial charge on any atom is 0.199 e. The Hall–Kier alpha value is -1.61. The predicted octanol–water partition coefficient (Wildman–Crippen LogP) is 4.67. The molecule has 0 amide bonds. The minimum Gasteiger partial charge on any atom is -0.219 e. The molecule has 0 fully saturated rings. The molecule has 0 unspecified atom stereocenters. The van der Waals surface area contributed by atoms with Crippen molar-refractivity contribution >= 4 is 9.84 Å². The van der Waals surface area contributed by atoms with Gasteiger partial charge in [-0.15, -0.1) is 0 Å². The van der Waals surface area contributed by atoms with Gasteiger partial charge in [0.15, 0.2) is 9.84 Å². The number of hydrogen-bond acceptors (Lipinski definition) is 2. The molecule has 0 aliphatic heterocycles. The number of hydrogen-bond donors (Lipinski definition) is 0. The van der Waals surface area contributed by atoms with E-state index in [9.17, 15) is 8.42 Å². The molecule has 0 saturated heterocycles. The summed E-state index contributed by atoms with van der Waals surface area (Å²) in [5, 5.41) is 1.32. The van der Waals surface area contributed by atoms with E-state index in [1.165, 1.54) is 5.41 Å². The molecule has 108 valence electrons. The molecular weight excluding hydrogens is 268 g/mol. The molecule has 2 nitrogen and oxygen atoms in total. The highest BCUT2D eigenvalue weighted by atomic mass is 32.2. The third-order valence-electron chi connectivity index (χ3n) is 2.78. The lowest BCUT2D eigenvalue weighted by Gasteiger charge is -1.98. The van der Waals surface area contributed by atoms with E-state index in [0.29, 0.717) is 4.90 Å². The lowest BCUT2D eigenvalue weighted by molar-refractivity contribution is 0.604. The van der Waals surface area contributed by atoms with E-state index in [4.69, 9.17) is 0 Å². The summed E-state index contributed by atoms with van der Waals surface area (Å²) in [6.45, 7) is 1.99. The van der Waals surface area contributed by atoms with Crippen molar-refractivity contribution in [1.82, 2.24) is 0 Å². The van der Waals surface area contributed by atoms with Crippen LogP contribution in [0.4, 0.5) is 0 Å². The van der Waals surface area contributed by atoms with Crippen molar-refractivity contribution in [3.8, 4) is 0 Å². The maximum atomic E-state index is 11.9. The number of benzene rings is 1. The number of rotatable bonds is 8. The Bertz CT molecular complexity index is 552. The van der Waals surface area contributed by atoms with Gasteiger partial charge >= 0.3 is 0 Å². The molecule has 0 bridgehead atoms. The first-order valence-electron chi connectivity index (χ1n) is 6.91. The smallest absolute Gasteiger partial charge is 0.199 e. The zero-order valence-corrected chi connectivity index (χ0v) is 12.7. The molecule has 0 aliphatic rings. The van der Waals surface area contributed by atoms with E-state index < -0.39 is 9.84 Å². The Morgan fingerprint density at radius 3 is 2.25 bits per heavy atom. The molecule has 0 atom stereocenters. The largest absolute Gasteiger partial charge is 0.219 e. The van der Waals surface area contributed by atoms with Gasteiger partial charge in [-0.3, -0.25) is 0 Å². The maximum absolute atomic E-state index is 11.9. The van der Waals surface area contributed by atoms with E-state index >= 15 is 0 Å². The minimum absolute atomic E-state index is 0.352. The normalized spacial score (nSPS) is 12.8. The molecular formula is C17H22O2S. The van der Waals surface area contributed by atoms with Gasteiger partial charge in [-0.2, -0.15) is 0 Å². The van der Waals surface area contributed by atoms with Crippen LogP contribution in [0.15, 0.2) is 71.0 Å². The minimum atomic E-state index is -3.27. The van der Waals surface area contributed by atoms with Crippen molar-refractivity contribution in [2.24, 2.45) is 0 Å². The number of allylic oxidation sites excluding steroid dienone is 5. The first kappa shape index (κ1) is 16.4. The summed E-state index contributed by atoms with van der Waals surface area (Å²) in [5.41, 5.74) is 0. The summed E-state index contributed by atoms with van der Waals surface area (Å²) in [5.74, 6) is 0. The molecule has 0 heterocycles. The second-order valence-electron chi connectivity index (χ2n) is 4.47. The van der Waals surface area contributed by atoms with Crippen molar-refractivity contribution in [2.45, 2.75) is 37.5 Å². The summed E-state index contributed by atoms with van der Waals surface area (Å²) < 4.78 is 23.9. The van der Waals surface area contributed by atoms with Gasteiger partial charge in [-0.1, -0.05) is 48.6 Å². The lowest BCUT2D eigenvalue weighted by atomic mass is 10.2. The highest BCUT2D eigenvalue weighted by molar-refractivity contribution is 7.94.